The molecule has 1 heterocycles. The predicted octanol–water partition coefficient (Wildman–Crippen LogP) is 3.93. The SMILES string of the molecule is COC1(c2ncc(CCl)s2)CCC(C)CC1. The molecule has 0 unspecified atom stereocenters. The van der Waals surface area contributed by atoms with Gasteiger partial charge in [0.05, 0.1) is 5.88 Å². The van der Waals surface area contributed by atoms with E-state index in [1.807, 2.05) is 6.20 Å². The highest BCUT2D eigenvalue weighted by Crippen LogP contribution is 2.43. The Morgan fingerprint density at radius 3 is 2.75 bits per heavy atom. The van der Waals surface area contributed by atoms with Gasteiger partial charge in [0.25, 0.3) is 0 Å². The Bertz CT molecular complexity index is 345. The number of hydrogen-bond acceptors (Lipinski definition) is 3. The maximum absolute atomic E-state index is 5.82. The van der Waals surface area contributed by atoms with Crippen molar-refractivity contribution in [2.24, 2.45) is 5.92 Å². The van der Waals surface area contributed by atoms with E-state index in [1.165, 1.54) is 12.8 Å². The van der Waals surface area contributed by atoms with Gasteiger partial charge in [0, 0.05) is 18.2 Å². The first-order valence-electron chi connectivity index (χ1n) is 5.76. The highest BCUT2D eigenvalue weighted by Gasteiger charge is 2.38. The molecule has 0 aliphatic heterocycles. The van der Waals surface area contributed by atoms with Crippen molar-refractivity contribution in [1.29, 1.82) is 0 Å². The van der Waals surface area contributed by atoms with Crippen molar-refractivity contribution in [2.45, 2.75) is 44.1 Å². The molecule has 2 nitrogen and oxygen atoms in total. The summed E-state index contributed by atoms with van der Waals surface area (Å²) in [4.78, 5) is 5.62. The van der Waals surface area contributed by atoms with Crippen molar-refractivity contribution in [1.82, 2.24) is 4.98 Å². The van der Waals surface area contributed by atoms with Gasteiger partial charge in [-0.05, 0) is 31.6 Å². The molecular weight excluding hydrogens is 242 g/mol. The molecule has 0 radical (unpaired) electrons. The molecule has 0 aromatic carbocycles. The minimum absolute atomic E-state index is 0.137. The minimum atomic E-state index is -0.137. The third-order valence-electron chi connectivity index (χ3n) is 3.55. The van der Waals surface area contributed by atoms with Gasteiger partial charge in [0.2, 0.25) is 0 Å². The Morgan fingerprint density at radius 2 is 2.25 bits per heavy atom. The Kier molecular flexibility index (Phi) is 3.88. The summed E-state index contributed by atoms with van der Waals surface area (Å²) in [5, 5.41) is 1.11. The van der Waals surface area contributed by atoms with Gasteiger partial charge in [0.1, 0.15) is 10.6 Å². The summed E-state index contributed by atoms with van der Waals surface area (Å²) in [5.41, 5.74) is -0.137. The molecule has 1 aromatic rings. The second-order valence-electron chi connectivity index (χ2n) is 4.65. The number of alkyl halides is 1. The Labute approximate surface area is 106 Å². The summed E-state index contributed by atoms with van der Waals surface area (Å²) in [6, 6.07) is 0. The number of nitrogens with zero attached hydrogens (tertiary/aromatic N) is 1. The highest BCUT2D eigenvalue weighted by molar-refractivity contribution is 7.11. The fourth-order valence-corrected chi connectivity index (χ4v) is 3.53. The summed E-state index contributed by atoms with van der Waals surface area (Å²) in [5.74, 6) is 1.36. The lowest BCUT2D eigenvalue weighted by atomic mass is 9.80. The minimum Gasteiger partial charge on any atom is -0.371 e. The molecule has 1 aliphatic rings. The standard InChI is InChI=1S/C12H18ClNOS/c1-9-3-5-12(15-2,6-4-9)11-14-8-10(7-13)16-11/h8-9H,3-7H2,1-2H3. The van der Waals surface area contributed by atoms with E-state index in [0.29, 0.717) is 5.88 Å². The Morgan fingerprint density at radius 1 is 1.56 bits per heavy atom. The summed E-state index contributed by atoms with van der Waals surface area (Å²) >= 11 is 7.52. The van der Waals surface area contributed by atoms with Crippen LogP contribution in [-0.2, 0) is 16.2 Å². The molecule has 2 rings (SSSR count). The normalized spacial score (nSPS) is 30.6. The van der Waals surface area contributed by atoms with E-state index in [4.69, 9.17) is 16.3 Å². The van der Waals surface area contributed by atoms with Gasteiger partial charge in [-0.3, -0.25) is 0 Å². The van der Waals surface area contributed by atoms with Crippen LogP contribution in [0.1, 0.15) is 42.5 Å². The van der Waals surface area contributed by atoms with E-state index < -0.39 is 0 Å². The highest BCUT2D eigenvalue weighted by atomic mass is 35.5. The Balaban J connectivity index is 2.20. The van der Waals surface area contributed by atoms with Crippen LogP contribution in [0.2, 0.25) is 0 Å². The van der Waals surface area contributed by atoms with E-state index in [0.717, 1.165) is 28.6 Å². The van der Waals surface area contributed by atoms with Gasteiger partial charge < -0.3 is 4.74 Å². The maximum Gasteiger partial charge on any atom is 0.125 e. The van der Waals surface area contributed by atoms with Crippen LogP contribution in [0.25, 0.3) is 0 Å². The summed E-state index contributed by atoms with van der Waals surface area (Å²) in [6.45, 7) is 2.31. The number of methoxy groups -OCH3 is 1. The molecule has 0 N–H and O–H groups in total. The number of ether oxygens (including phenoxy) is 1. The number of aromatic nitrogens is 1. The van der Waals surface area contributed by atoms with E-state index in [9.17, 15) is 0 Å². The first-order valence-corrected chi connectivity index (χ1v) is 7.11. The van der Waals surface area contributed by atoms with E-state index in [-0.39, 0.29) is 5.60 Å². The van der Waals surface area contributed by atoms with E-state index >= 15 is 0 Å². The van der Waals surface area contributed by atoms with Crippen molar-refractivity contribution in [3.8, 4) is 0 Å². The number of thiazole rings is 1. The molecule has 90 valence electrons. The van der Waals surface area contributed by atoms with Gasteiger partial charge in [-0.1, -0.05) is 6.92 Å². The van der Waals surface area contributed by atoms with Gasteiger partial charge >= 0.3 is 0 Å². The third kappa shape index (κ3) is 2.27. The first-order chi connectivity index (χ1) is 7.70. The maximum atomic E-state index is 5.82. The van der Waals surface area contributed by atoms with Gasteiger partial charge in [-0.25, -0.2) is 4.98 Å². The van der Waals surface area contributed by atoms with Crippen LogP contribution in [0, 0.1) is 5.92 Å². The summed E-state index contributed by atoms with van der Waals surface area (Å²) in [7, 11) is 1.80. The van der Waals surface area contributed by atoms with Crippen LogP contribution in [0.15, 0.2) is 6.20 Å². The molecule has 0 atom stereocenters. The van der Waals surface area contributed by atoms with E-state index in [1.54, 1.807) is 18.4 Å². The van der Waals surface area contributed by atoms with Crippen molar-refractivity contribution < 1.29 is 4.74 Å². The van der Waals surface area contributed by atoms with Crippen molar-refractivity contribution in [2.75, 3.05) is 7.11 Å². The molecule has 0 saturated heterocycles. The topological polar surface area (TPSA) is 22.1 Å². The van der Waals surface area contributed by atoms with Crippen LogP contribution in [0.4, 0.5) is 0 Å². The van der Waals surface area contributed by atoms with Gasteiger partial charge in [0.15, 0.2) is 0 Å². The average molecular weight is 260 g/mol. The second kappa shape index (κ2) is 5.03. The molecule has 4 heteroatoms. The molecular formula is C12H18ClNOS. The molecule has 1 saturated carbocycles. The number of hydrogen-bond donors (Lipinski definition) is 0. The number of rotatable bonds is 3. The monoisotopic (exact) mass is 259 g/mol. The summed E-state index contributed by atoms with van der Waals surface area (Å²) < 4.78 is 5.78. The average Bonchev–Trinajstić information content (AvgIpc) is 2.80. The molecule has 0 bridgehead atoms. The fourth-order valence-electron chi connectivity index (χ4n) is 2.31. The van der Waals surface area contributed by atoms with Crippen LogP contribution >= 0.6 is 22.9 Å². The van der Waals surface area contributed by atoms with Crippen LogP contribution < -0.4 is 0 Å². The van der Waals surface area contributed by atoms with Gasteiger partial charge in [-0.15, -0.1) is 22.9 Å². The van der Waals surface area contributed by atoms with Crippen LogP contribution in [0.5, 0.6) is 0 Å². The Hall–Kier alpha value is -0.120. The molecule has 16 heavy (non-hydrogen) atoms. The molecule has 1 aromatic heterocycles. The largest absolute Gasteiger partial charge is 0.371 e. The van der Waals surface area contributed by atoms with Crippen molar-refractivity contribution >= 4 is 22.9 Å². The molecule has 1 aliphatic carbocycles. The molecule has 0 amide bonds. The smallest absolute Gasteiger partial charge is 0.125 e. The first kappa shape index (κ1) is 12.3. The lowest BCUT2D eigenvalue weighted by Gasteiger charge is -2.36. The van der Waals surface area contributed by atoms with Crippen LogP contribution in [0.3, 0.4) is 0 Å². The summed E-state index contributed by atoms with van der Waals surface area (Å²) in [6.07, 6.45) is 6.50. The number of halogens is 1. The predicted molar refractivity (Wildman–Crippen MR) is 68.0 cm³/mol. The second-order valence-corrected chi connectivity index (χ2v) is 6.03. The van der Waals surface area contributed by atoms with E-state index in [2.05, 4.69) is 11.9 Å². The molecule has 1 fully saturated rings. The lowest BCUT2D eigenvalue weighted by molar-refractivity contribution is -0.0531. The van der Waals surface area contributed by atoms with Crippen molar-refractivity contribution in [3.63, 3.8) is 0 Å². The zero-order valence-electron chi connectivity index (χ0n) is 9.83. The quantitative estimate of drug-likeness (QED) is 0.768. The molecule has 0 spiro atoms. The third-order valence-corrected chi connectivity index (χ3v) is 5.18. The zero-order chi connectivity index (χ0) is 11.6. The van der Waals surface area contributed by atoms with Gasteiger partial charge in [-0.2, -0.15) is 0 Å². The lowest BCUT2D eigenvalue weighted by Crippen LogP contribution is -2.33. The zero-order valence-corrected chi connectivity index (χ0v) is 11.4. The van der Waals surface area contributed by atoms with Crippen molar-refractivity contribution in [3.05, 3.63) is 16.1 Å². The van der Waals surface area contributed by atoms with Crippen LogP contribution in [-0.4, -0.2) is 12.1 Å². The fraction of sp³-hybridized carbons (Fsp3) is 0.750.